The quantitative estimate of drug-likeness (QED) is 0.260. The van der Waals surface area contributed by atoms with Crippen LogP contribution in [0, 0.1) is 0 Å². The number of likely N-dealkylation sites (tertiary alicyclic amines) is 1. The summed E-state index contributed by atoms with van der Waals surface area (Å²) in [5.41, 5.74) is 1.36. The summed E-state index contributed by atoms with van der Waals surface area (Å²) >= 11 is 0. The Morgan fingerprint density at radius 3 is 2.64 bits per heavy atom. The Labute approximate surface area is 186 Å². The summed E-state index contributed by atoms with van der Waals surface area (Å²) < 4.78 is 5.15. The molecule has 6 nitrogen and oxygen atoms in total. The molecule has 1 heterocycles. The fourth-order valence-electron chi connectivity index (χ4n) is 3.40. The molecule has 1 aromatic rings. The van der Waals surface area contributed by atoms with Crippen LogP contribution in [0.5, 0.6) is 0 Å². The molecule has 0 saturated carbocycles. The van der Waals surface area contributed by atoms with Gasteiger partial charge in [-0.3, -0.25) is 14.7 Å². The van der Waals surface area contributed by atoms with Crippen LogP contribution in [0.25, 0.3) is 0 Å². The number of guanidine groups is 1. The number of carbonyl (C=O) groups excluding carboxylic acids is 1. The van der Waals surface area contributed by atoms with Crippen LogP contribution in [0.2, 0.25) is 0 Å². The van der Waals surface area contributed by atoms with Gasteiger partial charge in [-0.25, -0.2) is 0 Å². The molecule has 7 heteroatoms. The number of esters is 1. The number of benzene rings is 1. The predicted molar refractivity (Wildman–Crippen MR) is 125 cm³/mol. The molecular weight excluding hydrogens is 467 g/mol. The molecule has 0 spiro atoms. The van der Waals surface area contributed by atoms with Crippen LogP contribution in [0.15, 0.2) is 35.3 Å². The van der Waals surface area contributed by atoms with E-state index in [2.05, 4.69) is 57.8 Å². The lowest BCUT2D eigenvalue weighted by atomic mass is 9.97. The van der Waals surface area contributed by atoms with Crippen molar-refractivity contribution in [2.75, 3.05) is 20.1 Å². The van der Waals surface area contributed by atoms with E-state index in [1.54, 1.807) is 7.05 Å². The zero-order valence-electron chi connectivity index (χ0n) is 17.5. The van der Waals surface area contributed by atoms with Crippen LogP contribution < -0.4 is 10.6 Å². The van der Waals surface area contributed by atoms with E-state index in [0.29, 0.717) is 25.0 Å². The molecule has 2 N–H and O–H groups in total. The summed E-state index contributed by atoms with van der Waals surface area (Å²) in [6.07, 6.45) is 2.42. The number of ether oxygens (including phenoxy) is 1. The van der Waals surface area contributed by atoms with E-state index < -0.39 is 0 Å². The zero-order valence-corrected chi connectivity index (χ0v) is 19.8. The maximum Gasteiger partial charge on any atom is 0.307 e. The van der Waals surface area contributed by atoms with Crippen LogP contribution in [0.1, 0.15) is 45.6 Å². The summed E-state index contributed by atoms with van der Waals surface area (Å²) in [7, 11) is 1.76. The Hall–Kier alpha value is -1.35. The molecule has 2 atom stereocenters. The predicted octanol–water partition coefficient (Wildman–Crippen LogP) is 3.16. The van der Waals surface area contributed by atoms with Crippen molar-refractivity contribution in [2.24, 2.45) is 4.99 Å². The van der Waals surface area contributed by atoms with Gasteiger partial charge in [-0.05, 0) is 39.2 Å². The first-order valence-electron chi connectivity index (χ1n) is 9.92. The lowest BCUT2D eigenvalue weighted by Crippen LogP contribution is -2.51. The number of rotatable bonds is 7. The fourth-order valence-corrected chi connectivity index (χ4v) is 3.40. The van der Waals surface area contributed by atoms with Gasteiger partial charge in [0.05, 0.1) is 12.5 Å². The van der Waals surface area contributed by atoms with E-state index >= 15 is 0 Å². The second-order valence-corrected chi connectivity index (χ2v) is 7.46. The molecule has 158 valence electrons. The summed E-state index contributed by atoms with van der Waals surface area (Å²) in [4.78, 5) is 18.4. The average Bonchev–Trinajstić information content (AvgIpc) is 2.63. The highest BCUT2D eigenvalue weighted by molar-refractivity contribution is 14.0. The number of halogens is 1. The molecule has 2 unspecified atom stereocenters. The summed E-state index contributed by atoms with van der Waals surface area (Å²) in [6, 6.07) is 11.5. The number of carbonyl (C=O) groups is 1. The molecule has 0 aliphatic carbocycles. The molecule has 1 saturated heterocycles. The molecule has 0 radical (unpaired) electrons. The lowest BCUT2D eigenvalue weighted by molar-refractivity contribution is -0.147. The third-order valence-corrected chi connectivity index (χ3v) is 4.80. The number of hydrogen-bond acceptors (Lipinski definition) is 4. The molecule has 2 rings (SSSR count). The highest BCUT2D eigenvalue weighted by Crippen LogP contribution is 2.19. The minimum Gasteiger partial charge on any atom is -0.463 e. The molecule has 1 fully saturated rings. The van der Waals surface area contributed by atoms with Crippen molar-refractivity contribution < 1.29 is 9.53 Å². The van der Waals surface area contributed by atoms with E-state index in [0.717, 1.165) is 31.9 Å². The maximum atomic E-state index is 11.6. The second-order valence-electron chi connectivity index (χ2n) is 7.46. The van der Waals surface area contributed by atoms with Crippen molar-refractivity contribution in [3.8, 4) is 0 Å². The number of piperidine rings is 1. The molecule has 1 aliphatic rings. The van der Waals surface area contributed by atoms with Gasteiger partial charge in [-0.15, -0.1) is 24.0 Å². The van der Waals surface area contributed by atoms with Crippen LogP contribution in [-0.4, -0.2) is 55.2 Å². The van der Waals surface area contributed by atoms with Crippen LogP contribution in [-0.2, 0) is 16.1 Å². The summed E-state index contributed by atoms with van der Waals surface area (Å²) in [5.74, 6) is 0.567. The van der Waals surface area contributed by atoms with Crippen LogP contribution >= 0.6 is 24.0 Å². The normalized spacial score (nSPS) is 20.4. The van der Waals surface area contributed by atoms with Crippen molar-refractivity contribution in [2.45, 2.75) is 64.8 Å². The van der Waals surface area contributed by atoms with Gasteiger partial charge < -0.3 is 15.4 Å². The molecule has 0 bridgehead atoms. The number of hydrogen-bond donors (Lipinski definition) is 2. The van der Waals surface area contributed by atoms with Gasteiger partial charge in [-0.2, -0.15) is 0 Å². The highest BCUT2D eigenvalue weighted by Gasteiger charge is 2.25. The Bertz CT molecular complexity index is 610. The minimum atomic E-state index is -0.184. The SMILES string of the molecule is CN=C(NCCC(=O)OC(C)C)NC1CCN(Cc2ccccc2)C(C)C1.I. The zero-order chi connectivity index (χ0) is 19.6. The first kappa shape index (κ1) is 24.7. The van der Waals surface area contributed by atoms with Crippen LogP contribution in [0.3, 0.4) is 0 Å². The van der Waals surface area contributed by atoms with E-state index in [1.807, 2.05) is 13.8 Å². The van der Waals surface area contributed by atoms with E-state index in [1.165, 1.54) is 5.56 Å². The van der Waals surface area contributed by atoms with E-state index in [9.17, 15) is 4.79 Å². The Kier molecular flexibility index (Phi) is 11.4. The Morgan fingerprint density at radius 2 is 2.04 bits per heavy atom. The molecule has 0 aromatic heterocycles. The Balaban J connectivity index is 0.00000392. The van der Waals surface area contributed by atoms with Crippen LogP contribution in [0.4, 0.5) is 0 Å². The van der Waals surface area contributed by atoms with E-state index in [-0.39, 0.29) is 36.0 Å². The molecule has 28 heavy (non-hydrogen) atoms. The topological polar surface area (TPSA) is 66.0 Å². The molecular formula is C21H35IN4O2. The van der Waals surface area contributed by atoms with Gasteiger partial charge in [0.1, 0.15) is 0 Å². The highest BCUT2D eigenvalue weighted by atomic mass is 127. The first-order chi connectivity index (χ1) is 13.0. The van der Waals surface area contributed by atoms with Crippen molar-refractivity contribution in [3.63, 3.8) is 0 Å². The Morgan fingerprint density at radius 1 is 1.32 bits per heavy atom. The average molecular weight is 502 g/mol. The van der Waals surface area contributed by atoms with Gasteiger partial charge in [0, 0.05) is 38.8 Å². The third kappa shape index (κ3) is 8.77. The fraction of sp³-hybridized carbons (Fsp3) is 0.619. The van der Waals surface area contributed by atoms with E-state index in [4.69, 9.17) is 4.74 Å². The largest absolute Gasteiger partial charge is 0.463 e. The van der Waals surface area contributed by atoms with Gasteiger partial charge in [0.2, 0.25) is 0 Å². The maximum absolute atomic E-state index is 11.6. The summed E-state index contributed by atoms with van der Waals surface area (Å²) in [6.45, 7) is 8.59. The van der Waals surface area contributed by atoms with Crippen molar-refractivity contribution in [1.29, 1.82) is 0 Å². The lowest BCUT2D eigenvalue weighted by Gasteiger charge is -2.38. The number of aliphatic imine (C=N–C) groups is 1. The molecule has 1 aromatic carbocycles. The summed E-state index contributed by atoms with van der Waals surface area (Å²) in [5, 5.41) is 6.71. The molecule has 0 amide bonds. The van der Waals surface area contributed by atoms with Crippen molar-refractivity contribution in [3.05, 3.63) is 35.9 Å². The monoisotopic (exact) mass is 502 g/mol. The van der Waals surface area contributed by atoms with Gasteiger partial charge in [-0.1, -0.05) is 30.3 Å². The first-order valence-corrected chi connectivity index (χ1v) is 9.92. The third-order valence-electron chi connectivity index (χ3n) is 4.80. The number of nitrogens with one attached hydrogen (secondary N) is 2. The minimum absolute atomic E-state index is 0. The molecule has 1 aliphatic heterocycles. The number of nitrogens with zero attached hydrogens (tertiary/aromatic N) is 2. The van der Waals surface area contributed by atoms with Gasteiger partial charge >= 0.3 is 5.97 Å². The smallest absolute Gasteiger partial charge is 0.307 e. The van der Waals surface area contributed by atoms with Gasteiger partial charge in [0.15, 0.2) is 5.96 Å². The van der Waals surface area contributed by atoms with Crippen molar-refractivity contribution in [1.82, 2.24) is 15.5 Å². The second kappa shape index (κ2) is 13.0. The standard InChI is InChI=1S/C21H34N4O2.HI/c1-16(2)27-20(26)10-12-23-21(22-4)24-19-11-13-25(17(3)14-19)15-18-8-6-5-7-9-18;/h5-9,16-17,19H,10-15H2,1-4H3,(H2,22,23,24);1H. The van der Waals surface area contributed by atoms with Crippen molar-refractivity contribution >= 4 is 35.9 Å². The van der Waals surface area contributed by atoms with Gasteiger partial charge in [0.25, 0.3) is 0 Å².